The molecule has 0 bridgehead atoms. The SMILES string of the molecule is CCOC(=O)/C(Cl)=C/c1cc(N2C(=O)C3=C(CCCC3)C2=O)ccc1Cl.CCOC(=O)C1=NN(c2ccc(Cl)cc2Cl)C(C)(C(=O)OCC)C1.CCc1cc(C)cc(CC)c1-c1c(OC(=O)C(C)(C)C)n2n(c1=O)CCOCC2.Cc1c(C(=O)c2cnn(C)c2O)ccc(S(C)(=O)=O)c1C1=NOCC1. The Morgan fingerprint density at radius 2 is 1.38 bits per heavy atom. The summed E-state index contributed by atoms with van der Waals surface area (Å²) in [4.78, 5) is 107. The number of aryl methyl sites for hydroxylation is 4. The highest BCUT2D eigenvalue weighted by Crippen LogP contribution is 2.42. The minimum Gasteiger partial charge on any atom is -0.493 e. The monoisotopic (exact) mass is 1530 g/mol. The van der Waals surface area contributed by atoms with Crippen LogP contribution in [0.25, 0.3) is 17.2 Å². The molecule has 30 heteroatoms. The molecule has 104 heavy (non-hydrogen) atoms. The normalized spacial score (nSPS) is 16.5. The van der Waals surface area contributed by atoms with Crippen LogP contribution < -0.4 is 20.2 Å². The fourth-order valence-corrected chi connectivity index (χ4v) is 14.0. The molecule has 0 spiro atoms. The molecule has 11 rings (SSSR count). The highest BCUT2D eigenvalue weighted by Gasteiger charge is 2.50. The summed E-state index contributed by atoms with van der Waals surface area (Å²) in [5.41, 5.74) is 7.09. The van der Waals surface area contributed by atoms with E-state index in [0.29, 0.717) is 124 Å². The molecular formula is C74H84Cl4N8O17S. The standard InChI is InChI=1S/C23H32N2O4.C19H17Cl2NO4.C16H18Cl2N2O4.C16H17N3O5S/c1-7-16-13-15(3)14-17(8-2)18(16)19-20(26)24-9-11-28-12-10-25(24)21(19)29-22(27)23(4,5)6;1-2-26-19(25)16(21)10-11-9-12(7-8-15(11)20)22-17(23)13-5-3-4-6-14(13)18(22)24;1-4-23-14(21)12-9-16(3,15(22)24-5-2)20(19-12)13-7-6-10(17)8-11(13)18;1-9-10(15(20)11-8-17-19(2)16(11)21)4-5-13(25(3,22)23)14(9)12-6-7-24-18-12/h13-14H,7-12H2,1-6H3;7-10H,2-6H2,1H3;6-8H,4-5,9H2,1-3H3;4-5,8,21H,6-7H2,1-3H3/b;16-10-;;. The average molecular weight is 1530 g/mol. The number of carbonyl (C=O) groups excluding carboxylic acids is 7. The molecule has 0 saturated carbocycles. The van der Waals surface area contributed by atoms with Gasteiger partial charge in [-0.3, -0.25) is 24.0 Å². The fraction of sp³-hybridized carbons (Fsp3) is 0.419. The topological polar surface area (TPSA) is 305 Å². The van der Waals surface area contributed by atoms with Crippen molar-refractivity contribution in [2.24, 2.45) is 22.7 Å². The third-order valence-corrected chi connectivity index (χ3v) is 19.7. The molecule has 1 aliphatic carbocycles. The number of sulfone groups is 1. The second-order valence-electron chi connectivity index (χ2n) is 25.9. The van der Waals surface area contributed by atoms with Gasteiger partial charge in [0.25, 0.3) is 17.4 Å². The Labute approximate surface area is 623 Å². The number of anilines is 2. The van der Waals surface area contributed by atoms with Crippen LogP contribution in [-0.2, 0) is 95.4 Å². The number of halogens is 4. The van der Waals surface area contributed by atoms with Crippen molar-refractivity contribution in [2.45, 2.75) is 151 Å². The first-order valence-electron chi connectivity index (χ1n) is 33.8. The van der Waals surface area contributed by atoms with Crippen molar-refractivity contribution in [3.05, 3.63) is 153 Å². The number of esters is 4. The minimum absolute atomic E-state index is 0.0493. The third-order valence-electron chi connectivity index (χ3n) is 17.4. The van der Waals surface area contributed by atoms with Gasteiger partial charge in [0, 0.05) is 58.5 Å². The number of benzene rings is 4. The van der Waals surface area contributed by atoms with Gasteiger partial charge in [-0.05, 0) is 183 Å². The first-order chi connectivity index (χ1) is 49.2. The molecule has 2 amide bonds. The lowest BCUT2D eigenvalue weighted by atomic mass is 9.91. The number of hydrazone groups is 1. The zero-order valence-corrected chi connectivity index (χ0v) is 64.1. The quantitative estimate of drug-likeness (QED) is 0.0291. The van der Waals surface area contributed by atoms with Gasteiger partial charge in [0.05, 0.1) is 84.7 Å². The Morgan fingerprint density at radius 3 is 1.92 bits per heavy atom. The van der Waals surface area contributed by atoms with Crippen LogP contribution in [0.1, 0.15) is 150 Å². The molecule has 1 atom stereocenters. The van der Waals surface area contributed by atoms with Gasteiger partial charge in [-0.1, -0.05) is 83.1 Å². The summed E-state index contributed by atoms with van der Waals surface area (Å²) < 4.78 is 55.3. The highest BCUT2D eigenvalue weighted by molar-refractivity contribution is 7.90. The lowest BCUT2D eigenvalue weighted by Gasteiger charge is -2.32. The number of hydrogen-bond acceptors (Lipinski definition) is 21. The maximum atomic E-state index is 13.5. The lowest BCUT2D eigenvalue weighted by Crippen LogP contribution is -2.48. The van der Waals surface area contributed by atoms with Crippen LogP contribution in [0, 0.1) is 19.3 Å². The van der Waals surface area contributed by atoms with Gasteiger partial charge in [-0.15, -0.1) is 0 Å². The van der Waals surface area contributed by atoms with Gasteiger partial charge in [0.1, 0.15) is 28.5 Å². The summed E-state index contributed by atoms with van der Waals surface area (Å²) in [7, 11) is -2.00. The molecule has 2 aromatic heterocycles. The van der Waals surface area contributed by atoms with Gasteiger partial charge < -0.3 is 33.6 Å². The van der Waals surface area contributed by atoms with Gasteiger partial charge in [0.2, 0.25) is 11.8 Å². The molecule has 4 aromatic carbocycles. The van der Waals surface area contributed by atoms with E-state index in [1.165, 1.54) is 51.6 Å². The molecule has 0 radical (unpaired) electrons. The van der Waals surface area contributed by atoms with E-state index in [2.05, 4.69) is 48.3 Å². The van der Waals surface area contributed by atoms with Crippen LogP contribution in [-0.4, -0.2) is 137 Å². The average Bonchev–Trinajstić information content (AvgIpc) is 1.62. The van der Waals surface area contributed by atoms with Crippen molar-refractivity contribution in [3.8, 4) is 22.9 Å². The number of ketones is 1. The van der Waals surface area contributed by atoms with E-state index in [0.717, 1.165) is 48.6 Å². The van der Waals surface area contributed by atoms with Crippen LogP contribution in [0.4, 0.5) is 11.4 Å². The Morgan fingerprint density at radius 1 is 0.750 bits per heavy atom. The molecule has 1 N–H and O–H groups in total. The van der Waals surface area contributed by atoms with E-state index >= 15 is 0 Å². The number of aromatic hydroxyl groups is 1. The molecule has 0 fully saturated rings. The molecule has 6 heterocycles. The maximum Gasteiger partial charge on any atom is 0.354 e. The van der Waals surface area contributed by atoms with Gasteiger partial charge in [-0.2, -0.15) is 10.2 Å². The summed E-state index contributed by atoms with van der Waals surface area (Å²) in [5.74, 6) is -3.00. The molecule has 1 unspecified atom stereocenters. The van der Waals surface area contributed by atoms with E-state index in [1.807, 2.05) is 20.8 Å². The van der Waals surface area contributed by atoms with Gasteiger partial charge >= 0.3 is 23.9 Å². The van der Waals surface area contributed by atoms with E-state index in [4.69, 9.17) is 74.9 Å². The summed E-state index contributed by atoms with van der Waals surface area (Å²) in [5, 5.41) is 24.4. The molecule has 6 aromatic rings. The summed E-state index contributed by atoms with van der Waals surface area (Å²) in [6.45, 7) is 22.9. The second-order valence-corrected chi connectivity index (χ2v) is 29.5. The minimum atomic E-state index is -3.52. The number of nitrogens with zero attached hydrogens (tertiary/aromatic N) is 8. The van der Waals surface area contributed by atoms with Crippen molar-refractivity contribution < 1.29 is 75.6 Å². The molecule has 4 aliphatic heterocycles. The smallest absolute Gasteiger partial charge is 0.354 e. The number of rotatable bonds is 17. The van der Waals surface area contributed by atoms with Crippen LogP contribution >= 0.6 is 46.4 Å². The van der Waals surface area contributed by atoms with Crippen LogP contribution in [0.2, 0.25) is 15.1 Å². The first-order valence-corrected chi connectivity index (χ1v) is 37.2. The largest absolute Gasteiger partial charge is 0.493 e. The Hall–Kier alpha value is -8.92. The van der Waals surface area contributed by atoms with E-state index in [-0.39, 0.29) is 82.2 Å². The number of imide groups is 1. The van der Waals surface area contributed by atoms with Crippen molar-refractivity contribution in [3.63, 3.8) is 0 Å². The number of ether oxygens (including phenoxy) is 5. The van der Waals surface area contributed by atoms with Crippen molar-refractivity contribution in [1.29, 1.82) is 0 Å². The Bertz CT molecular complexity index is 4640. The zero-order chi connectivity index (χ0) is 76.4. The fourth-order valence-electron chi connectivity index (χ4n) is 12.2. The Kier molecular flexibility index (Phi) is 26.7. The second kappa shape index (κ2) is 34.3. The van der Waals surface area contributed by atoms with E-state index in [9.17, 15) is 51.9 Å². The molecule has 25 nitrogen and oxygen atoms in total. The highest BCUT2D eigenvalue weighted by atomic mass is 35.5. The summed E-state index contributed by atoms with van der Waals surface area (Å²) >= 11 is 24.3. The van der Waals surface area contributed by atoms with Gasteiger partial charge in [0.15, 0.2) is 21.2 Å². The lowest BCUT2D eigenvalue weighted by molar-refractivity contribution is -0.148. The van der Waals surface area contributed by atoms with Crippen LogP contribution in [0.15, 0.2) is 103 Å². The Balaban J connectivity index is 0.000000176. The number of carbonyl (C=O) groups is 7. The first kappa shape index (κ1) is 80.8. The van der Waals surface area contributed by atoms with Crippen molar-refractivity contribution in [1.82, 2.24) is 19.1 Å². The van der Waals surface area contributed by atoms with E-state index < -0.39 is 44.5 Å². The summed E-state index contributed by atoms with van der Waals surface area (Å²) in [6.07, 6.45) is 8.94. The summed E-state index contributed by atoms with van der Waals surface area (Å²) in [6, 6.07) is 16.6. The number of fused-ring (bicyclic) bond motifs is 1. The number of hydrogen-bond donors (Lipinski definition) is 1. The van der Waals surface area contributed by atoms with Crippen molar-refractivity contribution in [2.75, 3.05) is 55.8 Å². The molecule has 5 aliphatic rings. The van der Waals surface area contributed by atoms with E-state index in [1.54, 1.807) is 80.4 Å². The number of oxime groups is 1. The third kappa shape index (κ3) is 17.7. The molecule has 0 saturated heterocycles. The van der Waals surface area contributed by atoms with Gasteiger partial charge in [-0.25, -0.2) is 46.8 Å². The predicted octanol–water partition coefficient (Wildman–Crippen LogP) is 12.6. The van der Waals surface area contributed by atoms with Crippen LogP contribution in [0.3, 0.4) is 0 Å². The molecular weight excluding hydrogens is 1450 g/mol. The molecule has 556 valence electrons. The zero-order valence-electron chi connectivity index (χ0n) is 60.2. The maximum absolute atomic E-state index is 13.5. The predicted molar refractivity (Wildman–Crippen MR) is 396 cm³/mol. The number of aromatic nitrogens is 4. The van der Waals surface area contributed by atoms with Crippen LogP contribution in [0.5, 0.6) is 11.8 Å². The van der Waals surface area contributed by atoms with Crippen molar-refractivity contribution >= 4 is 127 Å². The number of amides is 2.